The molecule has 22 heavy (non-hydrogen) atoms. The number of hydrogen-bond acceptors (Lipinski definition) is 5. The maximum atomic E-state index is 12.4. The molecule has 0 saturated heterocycles. The van der Waals surface area contributed by atoms with Crippen molar-refractivity contribution in [2.45, 2.75) is 39.2 Å². The summed E-state index contributed by atoms with van der Waals surface area (Å²) < 4.78 is 10.1. The number of carbonyl (C=O) groups excluding carboxylic acids is 1. The average Bonchev–Trinajstić information content (AvgIpc) is 2.48. The predicted octanol–water partition coefficient (Wildman–Crippen LogP) is 1.95. The van der Waals surface area contributed by atoms with Crippen molar-refractivity contribution >= 4 is 11.8 Å². The fraction of sp³-hybridized carbons (Fsp3) is 0.500. The van der Waals surface area contributed by atoms with E-state index in [-0.39, 0.29) is 23.7 Å². The molecule has 0 saturated carbocycles. The van der Waals surface area contributed by atoms with Gasteiger partial charge in [-0.1, -0.05) is 11.6 Å². The second-order valence-corrected chi connectivity index (χ2v) is 5.14. The molecule has 2 N–H and O–H groups in total. The van der Waals surface area contributed by atoms with Crippen LogP contribution in [0.4, 0.5) is 0 Å². The lowest BCUT2D eigenvalue weighted by atomic mass is 9.89. The number of hydrogen-bond donors (Lipinski definition) is 2. The largest absolute Gasteiger partial charge is 0.494 e. The molecule has 0 aliphatic heterocycles. The highest BCUT2D eigenvalue weighted by molar-refractivity contribution is 6.09. The van der Waals surface area contributed by atoms with Crippen molar-refractivity contribution in [3.8, 4) is 0 Å². The molecule has 0 aromatic heterocycles. The highest BCUT2D eigenvalue weighted by atomic mass is 16.5. The van der Waals surface area contributed by atoms with Crippen molar-refractivity contribution in [1.82, 2.24) is 0 Å². The van der Waals surface area contributed by atoms with Crippen LogP contribution in [0.15, 0.2) is 34.3 Å². The highest BCUT2D eigenvalue weighted by Crippen LogP contribution is 2.30. The lowest BCUT2D eigenvalue weighted by Crippen LogP contribution is -2.28. The van der Waals surface area contributed by atoms with Gasteiger partial charge in [0.05, 0.1) is 14.2 Å². The van der Waals surface area contributed by atoms with E-state index in [4.69, 9.17) is 14.6 Å². The van der Waals surface area contributed by atoms with Crippen molar-refractivity contribution in [2.75, 3.05) is 14.2 Å². The molecule has 122 valence electrons. The smallest absolute Gasteiger partial charge is 0.303 e. The molecule has 6 nitrogen and oxygen atoms in total. The number of rotatable bonds is 7. The average molecular weight is 310 g/mol. The summed E-state index contributed by atoms with van der Waals surface area (Å²) in [6.45, 7) is 3.49. The fourth-order valence-corrected chi connectivity index (χ4v) is 2.25. The molecule has 0 aromatic rings. The summed E-state index contributed by atoms with van der Waals surface area (Å²) in [7, 11) is 2.73. The maximum absolute atomic E-state index is 12.4. The van der Waals surface area contributed by atoms with Crippen molar-refractivity contribution in [2.24, 2.45) is 0 Å². The molecule has 0 heterocycles. The van der Waals surface area contributed by atoms with Crippen LogP contribution in [0, 0.1) is 0 Å². The first-order chi connectivity index (χ1) is 10.3. The van der Waals surface area contributed by atoms with Crippen molar-refractivity contribution in [1.29, 1.82) is 0 Å². The van der Waals surface area contributed by atoms with Crippen LogP contribution in [0.3, 0.4) is 0 Å². The molecule has 1 unspecified atom stereocenters. The van der Waals surface area contributed by atoms with Gasteiger partial charge in [0.25, 0.3) is 0 Å². The minimum atomic E-state index is -1.01. The first kappa shape index (κ1) is 18.0. The zero-order valence-electron chi connectivity index (χ0n) is 13.3. The van der Waals surface area contributed by atoms with Crippen LogP contribution in [0.25, 0.3) is 0 Å². The van der Waals surface area contributed by atoms with E-state index >= 15 is 0 Å². The Kier molecular flexibility index (Phi) is 6.37. The van der Waals surface area contributed by atoms with Gasteiger partial charge in [-0.05, 0) is 32.3 Å². The number of carboxylic acids is 1. The van der Waals surface area contributed by atoms with Crippen molar-refractivity contribution in [3.63, 3.8) is 0 Å². The quantitative estimate of drug-likeness (QED) is 0.698. The number of ether oxygens (including phenoxy) is 2. The number of allylic oxidation sites excluding steroid dienone is 3. The third-order valence-corrected chi connectivity index (χ3v) is 3.65. The summed E-state index contributed by atoms with van der Waals surface area (Å²) in [5.74, 6) is -1.06. The Labute approximate surface area is 129 Å². The van der Waals surface area contributed by atoms with E-state index in [9.17, 15) is 14.7 Å². The van der Waals surface area contributed by atoms with Crippen LogP contribution in [-0.2, 0) is 19.1 Å². The van der Waals surface area contributed by atoms with E-state index in [1.807, 2.05) is 6.92 Å². The molecule has 0 spiro atoms. The molecule has 1 aliphatic rings. The molecule has 6 heteroatoms. The minimum absolute atomic E-state index is 0.00666. The van der Waals surface area contributed by atoms with Crippen LogP contribution < -0.4 is 0 Å². The normalized spacial score (nSPS) is 19.6. The Balaban J connectivity index is 2.95. The maximum Gasteiger partial charge on any atom is 0.303 e. The Morgan fingerprint density at radius 2 is 1.91 bits per heavy atom. The molecular formula is C16H22O6. The number of Topliss-reactive ketones (excluding diaryl/α,β-unsaturated/α-hetero) is 1. The van der Waals surface area contributed by atoms with Gasteiger partial charge in [-0.2, -0.15) is 0 Å². The standard InChI is InChI=1S/C16H22O6/c1-9(6-8-12(17)18)5-7-11-10(2)13(19)15(21-3)16(22-4)14(11)20/h5,13,19H,6-8H2,1-4H3,(H,17,18)/b9-5+. The van der Waals surface area contributed by atoms with Crippen LogP contribution in [0.5, 0.6) is 0 Å². The summed E-state index contributed by atoms with van der Waals surface area (Å²) in [4.78, 5) is 23.0. The van der Waals surface area contributed by atoms with Gasteiger partial charge < -0.3 is 19.7 Å². The van der Waals surface area contributed by atoms with E-state index in [1.54, 1.807) is 13.0 Å². The summed E-state index contributed by atoms with van der Waals surface area (Å²) in [5.41, 5.74) is 1.84. The summed E-state index contributed by atoms with van der Waals surface area (Å²) in [6.07, 6.45) is 1.58. The second kappa shape index (κ2) is 7.79. The van der Waals surface area contributed by atoms with Crippen LogP contribution in [-0.4, -0.2) is 42.3 Å². The molecule has 0 radical (unpaired) electrons. The minimum Gasteiger partial charge on any atom is -0.494 e. The van der Waals surface area contributed by atoms with Crippen molar-refractivity contribution in [3.05, 3.63) is 34.3 Å². The predicted molar refractivity (Wildman–Crippen MR) is 80.0 cm³/mol. The van der Waals surface area contributed by atoms with Gasteiger partial charge in [-0.15, -0.1) is 0 Å². The third-order valence-electron chi connectivity index (χ3n) is 3.65. The topological polar surface area (TPSA) is 93.1 Å². The molecule has 1 rings (SSSR count). The van der Waals surface area contributed by atoms with E-state index in [2.05, 4.69) is 0 Å². The number of carbonyl (C=O) groups is 2. The van der Waals surface area contributed by atoms with Gasteiger partial charge in [0, 0.05) is 12.0 Å². The summed E-state index contributed by atoms with van der Waals surface area (Å²) >= 11 is 0. The first-order valence-electron chi connectivity index (χ1n) is 6.95. The molecular weight excluding hydrogens is 288 g/mol. The summed E-state index contributed by atoms with van der Waals surface area (Å²) in [6, 6.07) is 0. The van der Waals surface area contributed by atoms with Crippen molar-refractivity contribution < 1.29 is 29.3 Å². The zero-order valence-corrected chi connectivity index (χ0v) is 13.3. The molecule has 1 atom stereocenters. The second-order valence-electron chi connectivity index (χ2n) is 5.14. The molecule has 0 fully saturated rings. The van der Waals surface area contributed by atoms with Gasteiger partial charge in [0.1, 0.15) is 6.10 Å². The van der Waals surface area contributed by atoms with E-state index < -0.39 is 12.1 Å². The number of aliphatic hydroxyl groups excluding tert-OH is 1. The van der Waals surface area contributed by atoms with E-state index in [1.165, 1.54) is 14.2 Å². The monoisotopic (exact) mass is 310 g/mol. The zero-order chi connectivity index (χ0) is 16.9. The van der Waals surface area contributed by atoms with Gasteiger partial charge in [-0.25, -0.2) is 0 Å². The Bertz CT molecular complexity index is 553. The van der Waals surface area contributed by atoms with Gasteiger partial charge in [0.15, 0.2) is 5.76 Å². The molecule has 0 bridgehead atoms. The van der Waals surface area contributed by atoms with Crippen LogP contribution in [0.1, 0.15) is 33.1 Å². The molecule has 0 aromatic carbocycles. The third kappa shape index (κ3) is 3.98. The lowest BCUT2D eigenvalue weighted by molar-refractivity contribution is -0.137. The number of methoxy groups -OCH3 is 2. The first-order valence-corrected chi connectivity index (χ1v) is 6.95. The highest BCUT2D eigenvalue weighted by Gasteiger charge is 2.34. The molecule has 0 amide bonds. The van der Waals surface area contributed by atoms with Crippen LogP contribution >= 0.6 is 0 Å². The van der Waals surface area contributed by atoms with Gasteiger partial charge >= 0.3 is 5.97 Å². The van der Waals surface area contributed by atoms with Gasteiger partial charge in [-0.3, -0.25) is 9.59 Å². The Morgan fingerprint density at radius 3 is 2.41 bits per heavy atom. The number of carboxylic acid groups (broad SMARTS) is 1. The number of aliphatic carboxylic acids is 1. The van der Waals surface area contributed by atoms with Crippen LogP contribution in [0.2, 0.25) is 0 Å². The fourth-order valence-electron chi connectivity index (χ4n) is 2.25. The van der Waals surface area contributed by atoms with Gasteiger partial charge in [0.2, 0.25) is 11.5 Å². The van der Waals surface area contributed by atoms with E-state index in [0.29, 0.717) is 24.0 Å². The number of aliphatic hydroxyl groups is 1. The Hall–Kier alpha value is -2.08. The Morgan fingerprint density at radius 1 is 1.27 bits per heavy atom. The molecule has 1 aliphatic carbocycles. The summed E-state index contributed by atoms with van der Waals surface area (Å²) in [5, 5.41) is 18.9. The SMILES string of the molecule is COC1=C(OC)C(O)C(C)=C(C/C=C(\C)CCC(=O)O)C1=O. The lowest BCUT2D eigenvalue weighted by Gasteiger charge is -2.25. The number of ketones is 1. The van der Waals surface area contributed by atoms with E-state index in [0.717, 1.165) is 5.57 Å².